The van der Waals surface area contributed by atoms with E-state index in [9.17, 15) is 4.79 Å². The molecule has 0 saturated heterocycles. The van der Waals surface area contributed by atoms with E-state index >= 15 is 0 Å². The maximum absolute atomic E-state index is 13.0. The molecule has 0 saturated carbocycles. The molecule has 1 atom stereocenters. The molecule has 3 aromatic rings. The van der Waals surface area contributed by atoms with Crippen molar-refractivity contribution in [2.45, 2.75) is 26.8 Å². The Labute approximate surface area is 147 Å². The van der Waals surface area contributed by atoms with Crippen LogP contribution in [-0.2, 0) is 0 Å². The predicted molar refractivity (Wildman–Crippen MR) is 96.9 cm³/mol. The molecule has 0 spiro atoms. The summed E-state index contributed by atoms with van der Waals surface area (Å²) in [5.41, 5.74) is 3.23. The molecular weight excluding hydrogens is 316 g/mol. The summed E-state index contributed by atoms with van der Waals surface area (Å²) in [7, 11) is 1.63. The van der Waals surface area contributed by atoms with Gasteiger partial charge >= 0.3 is 0 Å². The van der Waals surface area contributed by atoms with Crippen molar-refractivity contribution < 1.29 is 13.9 Å². The van der Waals surface area contributed by atoms with E-state index in [1.54, 1.807) is 18.1 Å². The molecule has 0 aliphatic rings. The average Bonchev–Trinajstić information content (AvgIpc) is 3.05. The standard InChI is InChI=1S/C20H22N2O3/c1-5-22(14(3)15-7-6-8-16(11-15)24-4)20(23)19-12-17-18(25-19)10-9-13(2)21-17/h6-12,14H,5H2,1-4H3/t14-/m0/s1. The number of furan rings is 1. The normalized spacial score (nSPS) is 12.2. The molecule has 0 bridgehead atoms. The van der Waals surface area contributed by atoms with E-state index in [-0.39, 0.29) is 11.9 Å². The quantitative estimate of drug-likeness (QED) is 0.693. The highest BCUT2D eigenvalue weighted by Crippen LogP contribution is 2.27. The fraction of sp³-hybridized carbons (Fsp3) is 0.300. The molecule has 0 aliphatic carbocycles. The van der Waals surface area contributed by atoms with Crippen LogP contribution in [0.5, 0.6) is 5.75 Å². The zero-order valence-corrected chi connectivity index (χ0v) is 14.9. The van der Waals surface area contributed by atoms with E-state index in [4.69, 9.17) is 9.15 Å². The number of pyridine rings is 1. The molecule has 2 heterocycles. The van der Waals surface area contributed by atoms with Crippen LogP contribution in [0.1, 0.15) is 41.7 Å². The monoisotopic (exact) mass is 338 g/mol. The second-order valence-electron chi connectivity index (χ2n) is 5.99. The van der Waals surface area contributed by atoms with Crippen molar-refractivity contribution in [2.75, 3.05) is 13.7 Å². The number of hydrogen-bond donors (Lipinski definition) is 0. The van der Waals surface area contributed by atoms with Crippen LogP contribution in [0.2, 0.25) is 0 Å². The van der Waals surface area contributed by atoms with Crippen molar-refractivity contribution in [1.29, 1.82) is 0 Å². The minimum Gasteiger partial charge on any atom is -0.497 e. The first-order valence-electron chi connectivity index (χ1n) is 8.35. The Kier molecular flexibility index (Phi) is 4.74. The third-order valence-corrected chi connectivity index (χ3v) is 4.37. The molecule has 3 rings (SSSR count). The second-order valence-corrected chi connectivity index (χ2v) is 5.99. The Morgan fingerprint density at radius 3 is 2.80 bits per heavy atom. The van der Waals surface area contributed by atoms with E-state index in [1.807, 2.05) is 57.2 Å². The van der Waals surface area contributed by atoms with Crippen LogP contribution in [0.25, 0.3) is 11.1 Å². The molecule has 1 aromatic carbocycles. The summed E-state index contributed by atoms with van der Waals surface area (Å²) < 4.78 is 11.0. The van der Waals surface area contributed by atoms with Crippen molar-refractivity contribution >= 4 is 17.0 Å². The number of amides is 1. The Morgan fingerprint density at radius 1 is 1.28 bits per heavy atom. The lowest BCUT2D eigenvalue weighted by Crippen LogP contribution is -2.33. The summed E-state index contributed by atoms with van der Waals surface area (Å²) in [5, 5.41) is 0. The maximum atomic E-state index is 13.0. The highest BCUT2D eigenvalue weighted by atomic mass is 16.5. The number of nitrogens with zero attached hydrogens (tertiary/aromatic N) is 2. The van der Waals surface area contributed by atoms with Gasteiger partial charge < -0.3 is 14.1 Å². The maximum Gasteiger partial charge on any atom is 0.290 e. The number of hydrogen-bond acceptors (Lipinski definition) is 4. The van der Waals surface area contributed by atoms with Crippen molar-refractivity contribution in [3.05, 3.63) is 59.5 Å². The van der Waals surface area contributed by atoms with Gasteiger partial charge in [-0.05, 0) is 50.6 Å². The van der Waals surface area contributed by atoms with E-state index in [0.29, 0.717) is 23.4 Å². The van der Waals surface area contributed by atoms with Gasteiger partial charge in [0, 0.05) is 18.3 Å². The van der Waals surface area contributed by atoms with Gasteiger partial charge in [-0.1, -0.05) is 12.1 Å². The van der Waals surface area contributed by atoms with Gasteiger partial charge in [0.15, 0.2) is 11.3 Å². The van der Waals surface area contributed by atoms with Crippen LogP contribution < -0.4 is 4.74 Å². The lowest BCUT2D eigenvalue weighted by Gasteiger charge is -2.27. The fourth-order valence-corrected chi connectivity index (χ4v) is 2.95. The van der Waals surface area contributed by atoms with Gasteiger partial charge in [0.05, 0.1) is 13.2 Å². The van der Waals surface area contributed by atoms with Gasteiger partial charge in [-0.25, -0.2) is 4.98 Å². The van der Waals surface area contributed by atoms with Crippen LogP contribution in [0.15, 0.2) is 46.9 Å². The van der Waals surface area contributed by atoms with Gasteiger partial charge in [0.2, 0.25) is 0 Å². The molecule has 0 radical (unpaired) electrons. The molecule has 1 amide bonds. The Balaban J connectivity index is 1.91. The van der Waals surface area contributed by atoms with Crippen molar-refractivity contribution in [3.63, 3.8) is 0 Å². The molecule has 2 aromatic heterocycles. The molecule has 0 unspecified atom stereocenters. The summed E-state index contributed by atoms with van der Waals surface area (Å²) >= 11 is 0. The number of ether oxygens (including phenoxy) is 1. The van der Waals surface area contributed by atoms with Gasteiger partial charge in [0.25, 0.3) is 5.91 Å². The van der Waals surface area contributed by atoms with Crippen LogP contribution in [0.3, 0.4) is 0 Å². The SMILES string of the molecule is CCN(C(=O)c1cc2nc(C)ccc2o1)[C@@H](C)c1cccc(OC)c1. The molecule has 5 heteroatoms. The van der Waals surface area contributed by atoms with Crippen LogP contribution >= 0.6 is 0 Å². The van der Waals surface area contributed by atoms with Crippen LogP contribution in [-0.4, -0.2) is 29.4 Å². The molecule has 5 nitrogen and oxygen atoms in total. The number of aromatic nitrogens is 1. The smallest absolute Gasteiger partial charge is 0.290 e. The van der Waals surface area contributed by atoms with Gasteiger partial charge in [-0.15, -0.1) is 0 Å². The summed E-state index contributed by atoms with van der Waals surface area (Å²) in [6.45, 7) is 6.44. The Bertz CT molecular complexity index is 901. The highest BCUT2D eigenvalue weighted by Gasteiger charge is 2.24. The molecule has 0 fully saturated rings. The number of aryl methyl sites for hydroxylation is 1. The van der Waals surface area contributed by atoms with Gasteiger partial charge in [-0.3, -0.25) is 4.79 Å². The Morgan fingerprint density at radius 2 is 2.08 bits per heavy atom. The molecular formula is C20H22N2O3. The summed E-state index contributed by atoms with van der Waals surface area (Å²) in [5.74, 6) is 0.939. The molecule has 25 heavy (non-hydrogen) atoms. The Hall–Kier alpha value is -2.82. The van der Waals surface area contributed by atoms with Crippen molar-refractivity contribution in [2.24, 2.45) is 0 Å². The number of carbonyl (C=O) groups is 1. The zero-order chi connectivity index (χ0) is 18.0. The largest absolute Gasteiger partial charge is 0.497 e. The first kappa shape index (κ1) is 17.0. The van der Waals surface area contributed by atoms with Crippen molar-refractivity contribution in [3.8, 4) is 5.75 Å². The highest BCUT2D eigenvalue weighted by molar-refractivity contribution is 5.95. The number of benzene rings is 1. The predicted octanol–water partition coefficient (Wildman–Crippen LogP) is 4.37. The summed E-state index contributed by atoms with van der Waals surface area (Å²) in [6.07, 6.45) is 0. The van der Waals surface area contributed by atoms with E-state index in [2.05, 4.69) is 4.98 Å². The molecule has 0 N–H and O–H groups in total. The average molecular weight is 338 g/mol. The van der Waals surface area contributed by atoms with Crippen molar-refractivity contribution in [1.82, 2.24) is 9.88 Å². The van der Waals surface area contributed by atoms with E-state index in [1.165, 1.54) is 0 Å². The van der Waals surface area contributed by atoms with E-state index in [0.717, 1.165) is 17.0 Å². The molecule has 0 aliphatic heterocycles. The lowest BCUT2D eigenvalue weighted by atomic mass is 10.1. The first-order chi connectivity index (χ1) is 12.0. The van der Waals surface area contributed by atoms with Crippen LogP contribution in [0, 0.1) is 6.92 Å². The minimum absolute atomic E-state index is 0.101. The first-order valence-corrected chi connectivity index (χ1v) is 8.35. The topological polar surface area (TPSA) is 55.6 Å². The van der Waals surface area contributed by atoms with Crippen LogP contribution in [0.4, 0.5) is 0 Å². The zero-order valence-electron chi connectivity index (χ0n) is 14.9. The number of fused-ring (bicyclic) bond motifs is 1. The molecule has 130 valence electrons. The summed E-state index contributed by atoms with van der Waals surface area (Å²) in [6, 6.07) is 13.1. The number of rotatable bonds is 5. The van der Waals surface area contributed by atoms with Gasteiger partial charge in [0.1, 0.15) is 11.3 Å². The third-order valence-electron chi connectivity index (χ3n) is 4.37. The fourth-order valence-electron chi connectivity index (χ4n) is 2.95. The number of methoxy groups -OCH3 is 1. The second kappa shape index (κ2) is 6.97. The van der Waals surface area contributed by atoms with Gasteiger partial charge in [-0.2, -0.15) is 0 Å². The number of carbonyl (C=O) groups excluding carboxylic acids is 1. The summed E-state index contributed by atoms with van der Waals surface area (Å²) in [4.78, 5) is 19.2. The van der Waals surface area contributed by atoms with E-state index < -0.39 is 0 Å². The lowest BCUT2D eigenvalue weighted by molar-refractivity contribution is 0.0672. The third kappa shape index (κ3) is 3.36. The minimum atomic E-state index is -0.145.